The van der Waals surface area contributed by atoms with E-state index >= 15 is 0 Å². The van der Waals surface area contributed by atoms with Crippen molar-refractivity contribution in [3.63, 3.8) is 0 Å². The van der Waals surface area contributed by atoms with E-state index in [0.717, 1.165) is 33.8 Å². The normalized spacial score (nSPS) is 11.8. The average Bonchev–Trinajstić information content (AvgIpc) is 3.14. The smallest absolute Gasteiger partial charge is 0.250 e. The Kier molecular flexibility index (Phi) is 2.77. The van der Waals surface area contributed by atoms with E-state index in [1.807, 2.05) is 12.1 Å². The number of pyridine rings is 2. The highest BCUT2D eigenvalue weighted by molar-refractivity contribution is 5.89. The minimum atomic E-state index is 0.930. The van der Waals surface area contributed by atoms with Crippen LogP contribution < -0.4 is 9.13 Å². The third kappa shape index (κ3) is 1.80. The van der Waals surface area contributed by atoms with Crippen molar-refractivity contribution in [1.82, 2.24) is 14.0 Å². The van der Waals surface area contributed by atoms with Crippen LogP contribution in [0, 0.1) is 6.92 Å². The highest BCUT2D eigenvalue weighted by Gasteiger charge is 2.28. The summed E-state index contributed by atoms with van der Waals surface area (Å²) in [4.78, 5) is 4.94. The molecule has 0 atom stereocenters. The zero-order valence-corrected chi connectivity index (χ0v) is 14.5. The van der Waals surface area contributed by atoms with Gasteiger partial charge in [0.15, 0.2) is 0 Å². The van der Waals surface area contributed by atoms with Crippen LogP contribution in [0.3, 0.4) is 0 Å². The quantitative estimate of drug-likeness (QED) is 0.434. The zero-order valence-electron chi connectivity index (χ0n) is 14.5. The first-order valence-corrected chi connectivity index (χ1v) is 8.39. The van der Waals surface area contributed by atoms with E-state index in [-0.39, 0.29) is 0 Å². The monoisotopic (exact) mass is 329 g/mol. The van der Waals surface area contributed by atoms with Crippen molar-refractivity contribution in [1.29, 1.82) is 0 Å². The van der Waals surface area contributed by atoms with Crippen molar-refractivity contribution >= 4 is 28.0 Å². The van der Waals surface area contributed by atoms with E-state index in [9.17, 15) is 0 Å². The van der Waals surface area contributed by atoms with Crippen LogP contribution in [0.15, 0.2) is 60.8 Å². The van der Waals surface area contributed by atoms with E-state index in [2.05, 4.69) is 87.8 Å². The molecule has 0 aliphatic rings. The predicted octanol–water partition coefficient (Wildman–Crippen LogP) is 2.39. The van der Waals surface area contributed by atoms with Gasteiger partial charge in [0.1, 0.15) is 11.2 Å². The topological polar surface area (TPSA) is 30.0 Å². The molecule has 0 spiro atoms. The number of nitrogens with zero attached hydrogens (tertiary/aromatic N) is 5. The second-order valence-corrected chi connectivity index (χ2v) is 6.48. The molecule has 0 saturated carbocycles. The SMILES string of the molecule is Cc1ccc2c(n(-c3cccc[n+]3C)c3nc4ccccc4n23)[n+]1C. The van der Waals surface area contributed by atoms with Gasteiger partial charge in [-0.15, -0.1) is 4.57 Å². The molecule has 0 radical (unpaired) electrons. The largest absolute Gasteiger partial charge is 0.317 e. The third-order valence-electron chi connectivity index (χ3n) is 5.01. The molecular weight excluding hydrogens is 310 g/mol. The van der Waals surface area contributed by atoms with Crippen LogP contribution in [-0.2, 0) is 14.1 Å². The van der Waals surface area contributed by atoms with Gasteiger partial charge in [-0.1, -0.05) is 18.2 Å². The molecular formula is C20H19N5+2. The van der Waals surface area contributed by atoms with Crippen LogP contribution in [0.1, 0.15) is 5.69 Å². The van der Waals surface area contributed by atoms with Gasteiger partial charge in [-0.2, -0.15) is 4.98 Å². The molecule has 5 nitrogen and oxygen atoms in total. The van der Waals surface area contributed by atoms with Gasteiger partial charge < -0.3 is 0 Å². The van der Waals surface area contributed by atoms with Crippen LogP contribution in [-0.4, -0.2) is 14.0 Å². The summed E-state index contributed by atoms with van der Waals surface area (Å²) in [5.74, 6) is 2.01. The molecule has 0 aliphatic carbocycles. The van der Waals surface area contributed by atoms with E-state index in [4.69, 9.17) is 4.98 Å². The Bertz CT molecular complexity index is 1280. The molecule has 0 amide bonds. The van der Waals surface area contributed by atoms with Gasteiger partial charge in [-0.25, -0.2) is 9.13 Å². The van der Waals surface area contributed by atoms with E-state index in [1.54, 1.807) is 0 Å². The molecule has 5 aromatic rings. The van der Waals surface area contributed by atoms with Crippen molar-refractivity contribution in [2.45, 2.75) is 6.92 Å². The number of fused-ring (bicyclic) bond motifs is 5. The first-order chi connectivity index (χ1) is 12.2. The van der Waals surface area contributed by atoms with Crippen molar-refractivity contribution in [2.24, 2.45) is 14.1 Å². The number of rotatable bonds is 1. The summed E-state index contributed by atoms with van der Waals surface area (Å²) >= 11 is 0. The van der Waals surface area contributed by atoms with E-state index in [1.165, 1.54) is 5.69 Å². The Morgan fingerprint density at radius 1 is 0.880 bits per heavy atom. The number of aromatic nitrogens is 5. The standard InChI is InChI=1S/C20H19N5/c1-14-11-12-17-19(23(14)3)25(18-10-6-7-13-22(18)2)20-21-15-8-4-5-9-16(15)24(17)20/h4-13H,1-3H3/q+2. The maximum absolute atomic E-state index is 4.94. The Morgan fingerprint density at radius 2 is 1.68 bits per heavy atom. The lowest BCUT2D eigenvalue weighted by atomic mass is 10.3. The number of imidazole rings is 2. The summed E-state index contributed by atoms with van der Waals surface area (Å²) in [7, 11) is 4.18. The predicted molar refractivity (Wildman–Crippen MR) is 96.6 cm³/mol. The van der Waals surface area contributed by atoms with Crippen molar-refractivity contribution in [2.75, 3.05) is 0 Å². The van der Waals surface area contributed by atoms with Crippen LogP contribution in [0.2, 0.25) is 0 Å². The van der Waals surface area contributed by atoms with Crippen LogP contribution in [0.5, 0.6) is 0 Å². The lowest BCUT2D eigenvalue weighted by molar-refractivity contribution is -0.670. The Hall–Kier alpha value is -3.21. The summed E-state index contributed by atoms with van der Waals surface area (Å²) in [6.07, 6.45) is 2.07. The van der Waals surface area contributed by atoms with Gasteiger partial charge in [-0.3, -0.25) is 4.40 Å². The highest BCUT2D eigenvalue weighted by atomic mass is 15.3. The van der Waals surface area contributed by atoms with Gasteiger partial charge in [0.25, 0.3) is 5.82 Å². The minimum Gasteiger partial charge on any atom is -0.250 e. The van der Waals surface area contributed by atoms with Crippen LogP contribution >= 0.6 is 0 Å². The number of hydrogen-bond acceptors (Lipinski definition) is 1. The van der Waals surface area contributed by atoms with Crippen molar-refractivity contribution in [3.05, 3.63) is 66.5 Å². The Labute approximate surface area is 145 Å². The molecule has 0 N–H and O–H groups in total. The molecule has 5 heteroatoms. The van der Waals surface area contributed by atoms with Gasteiger partial charge in [0.2, 0.25) is 0 Å². The van der Waals surface area contributed by atoms with Gasteiger partial charge >= 0.3 is 11.4 Å². The molecule has 0 bridgehead atoms. The zero-order chi connectivity index (χ0) is 17.1. The first-order valence-electron chi connectivity index (χ1n) is 8.39. The number of aryl methyl sites for hydroxylation is 3. The molecule has 25 heavy (non-hydrogen) atoms. The molecule has 0 saturated heterocycles. The maximum atomic E-state index is 4.94. The summed E-state index contributed by atoms with van der Waals surface area (Å²) in [6, 6.07) is 18.9. The molecule has 5 rings (SSSR count). The van der Waals surface area contributed by atoms with E-state index in [0.29, 0.717) is 0 Å². The van der Waals surface area contributed by atoms with Crippen molar-refractivity contribution < 1.29 is 9.13 Å². The first kappa shape index (κ1) is 14.2. The van der Waals surface area contributed by atoms with E-state index < -0.39 is 0 Å². The lowest BCUT2D eigenvalue weighted by Crippen LogP contribution is -2.38. The molecule has 0 unspecified atom stereocenters. The van der Waals surface area contributed by atoms with Crippen LogP contribution in [0.25, 0.3) is 33.8 Å². The Morgan fingerprint density at radius 3 is 2.52 bits per heavy atom. The minimum absolute atomic E-state index is 0.930. The summed E-state index contributed by atoms with van der Waals surface area (Å²) in [5, 5.41) is 0. The van der Waals surface area contributed by atoms with Gasteiger partial charge in [-0.05, 0) is 37.3 Å². The van der Waals surface area contributed by atoms with Gasteiger partial charge in [0, 0.05) is 6.07 Å². The van der Waals surface area contributed by atoms with Crippen LogP contribution in [0.4, 0.5) is 0 Å². The number of benzene rings is 1. The molecule has 0 fully saturated rings. The second kappa shape index (κ2) is 4.89. The summed E-state index contributed by atoms with van der Waals surface area (Å²) in [6.45, 7) is 2.13. The molecule has 4 heterocycles. The van der Waals surface area contributed by atoms with Crippen molar-refractivity contribution in [3.8, 4) is 5.82 Å². The Balaban J connectivity index is 2.10. The molecule has 122 valence electrons. The fraction of sp³-hybridized carbons (Fsp3) is 0.150. The summed E-state index contributed by atoms with van der Waals surface area (Å²) < 4.78 is 8.84. The third-order valence-corrected chi connectivity index (χ3v) is 5.01. The average molecular weight is 329 g/mol. The second-order valence-electron chi connectivity index (χ2n) is 6.48. The van der Waals surface area contributed by atoms with Gasteiger partial charge in [0.05, 0.1) is 31.3 Å². The fourth-order valence-corrected chi connectivity index (χ4v) is 3.62. The maximum Gasteiger partial charge on any atom is 0.317 e. The number of para-hydroxylation sites is 2. The fourth-order valence-electron chi connectivity index (χ4n) is 3.62. The summed E-state index contributed by atoms with van der Waals surface area (Å²) in [5.41, 5.74) is 5.63. The molecule has 1 aromatic carbocycles. The lowest BCUT2D eigenvalue weighted by Gasteiger charge is -2.03. The molecule has 0 aliphatic heterocycles. The highest BCUT2D eigenvalue weighted by Crippen LogP contribution is 2.26. The molecule has 4 aromatic heterocycles. The number of hydrogen-bond donors (Lipinski definition) is 0.